The summed E-state index contributed by atoms with van der Waals surface area (Å²) < 4.78 is 45.3. The van der Waals surface area contributed by atoms with E-state index < -0.39 is 44.3 Å². The first-order chi connectivity index (χ1) is 10.5. The Morgan fingerprint density at radius 1 is 0.783 bits per heavy atom. The van der Waals surface area contributed by atoms with Crippen molar-refractivity contribution in [3.8, 4) is 0 Å². The Labute approximate surface area is 135 Å². The van der Waals surface area contributed by atoms with E-state index in [1.54, 1.807) is 0 Å². The molecule has 0 spiro atoms. The second kappa shape index (κ2) is 8.44. The maximum atomic E-state index is 11.5. The highest BCUT2D eigenvalue weighted by atomic mass is 32.2. The summed E-state index contributed by atoms with van der Waals surface area (Å²) in [5.41, 5.74) is 0. The molecule has 0 aromatic heterocycles. The Morgan fingerprint density at radius 3 is 1.35 bits per heavy atom. The molecular weight excluding hydrogens is 344 g/mol. The standard InChI is InChI=1S/C13H18N2O6S2/c1-5-22(18,19)10(3)7-12(16)14-9-15-13(17)8-11(4)23(20,21)6-2/h5-6H,1-4,7-9H2,(H,14,16)(H,15,17). The number of hydrogen-bond acceptors (Lipinski definition) is 6. The van der Waals surface area contributed by atoms with Gasteiger partial charge in [0, 0.05) is 10.8 Å². The molecule has 8 nitrogen and oxygen atoms in total. The van der Waals surface area contributed by atoms with Crippen LogP contribution in [0.1, 0.15) is 12.8 Å². The Morgan fingerprint density at radius 2 is 1.09 bits per heavy atom. The van der Waals surface area contributed by atoms with Crippen LogP contribution in [0.25, 0.3) is 0 Å². The van der Waals surface area contributed by atoms with Gasteiger partial charge in [0.05, 0.1) is 29.3 Å². The van der Waals surface area contributed by atoms with E-state index in [0.29, 0.717) is 10.8 Å². The monoisotopic (exact) mass is 362 g/mol. The molecule has 2 amide bonds. The molecule has 0 atom stereocenters. The summed E-state index contributed by atoms with van der Waals surface area (Å²) >= 11 is 0. The maximum absolute atomic E-state index is 11.5. The van der Waals surface area contributed by atoms with Crippen LogP contribution in [0.5, 0.6) is 0 Å². The fourth-order valence-corrected chi connectivity index (χ4v) is 2.30. The van der Waals surface area contributed by atoms with Crippen LogP contribution in [0.4, 0.5) is 0 Å². The minimum absolute atomic E-state index is 0.305. The van der Waals surface area contributed by atoms with Crippen LogP contribution in [0, 0.1) is 0 Å². The number of nitrogens with one attached hydrogen (secondary N) is 2. The van der Waals surface area contributed by atoms with Crippen LogP contribution in [-0.2, 0) is 29.3 Å². The van der Waals surface area contributed by atoms with Crippen molar-refractivity contribution in [3.63, 3.8) is 0 Å². The zero-order valence-electron chi connectivity index (χ0n) is 12.4. The van der Waals surface area contributed by atoms with Crippen molar-refractivity contribution in [1.29, 1.82) is 0 Å². The van der Waals surface area contributed by atoms with E-state index in [9.17, 15) is 26.4 Å². The maximum Gasteiger partial charge on any atom is 0.226 e. The van der Waals surface area contributed by atoms with E-state index in [-0.39, 0.29) is 16.5 Å². The third-order valence-electron chi connectivity index (χ3n) is 2.53. The average Bonchev–Trinajstić information content (AvgIpc) is 2.46. The highest BCUT2D eigenvalue weighted by molar-refractivity contribution is 7.98. The van der Waals surface area contributed by atoms with Gasteiger partial charge in [0.2, 0.25) is 11.8 Å². The molecule has 0 saturated heterocycles. The van der Waals surface area contributed by atoms with E-state index in [4.69, 9.17) is 0 Å². The molecule has 0 radical (unpaired) electrons. The van der Waals surface area contributed by atoms with Crippen molar-refractivity contribution in [2.24, 2.45) is 0 Å². The molecule has 0 fully saturated rings. The lowest BCUT2D eigenvalue weighted by atomic mass is 10.4. The van der Waals surface area contributed by atoms with E-state index in [1.807, 2.05) is 0 Å². The molecule has 0 aromatic carbocycles. The molecule has 128 valence electrons. The van der Waals surface area contributed by atoms with Gasteiger partial charge in [-0.25, -0.2) is 16.8 Å². The fraction of sp³-hybridized carbons (Fsp3) is 0.231. The van der Waals surface area contributed by atoms with Gasteiger partial charge in [-0.3, -0.25) is 9.59 Å². The Kier molecular flexibility index (Phi) is 7.63. The first-order valence-electron chi connectivity index (χ1n) is 6.10. The topological polar surface area (TPSA) is 126 Å². The molecule has 0 unspecified atom stereocenters. The first-order valence-corrected chi connectivity index (χ1v) is 9.19. The summed E-state index contributed by atoms with van der Waals surface area (Å²) in [5.74, 6) is -1.36. The van der Waals surface area contributed by atoms with Crippen molar-refractivity contribution >= 4 is 31.5 Å². The fourth-order valence-electron chi connectivity index (χ4n) is 1.16. The van der Waals surface area contributed by atoms with Gasteiger partial charge < -0.3 is 10.6 Å². The second-order valence-corrected chi connectivity index (χ2v) is 8.23. The van der Waals surface area contributed by atoms with Crippen LogP contribution in [0.15, 0.2) is 46.9 Å². The number of amides is 2. The van der Waals surface area contributed by atoms with Crippen molar-refractivity contribution < 1.29 is 26.4 Å². The summed E-state index contributed by atoms with van der Waals surface area (Å²) in [5, 5.41) is 5.83. The second-order valence-electron chi connectivity index (χ2n) is 4.23. The van der Waals surface area contributed by atoms with E-state index in [1.165, 1.54) is 0 Å². The van der Waals surface area contributed by atoms with Gasteiger partial charge in [0.15, 0.2) is 19.7 Å². The third-order valence-corrected chi connectivity index (χ3v) is 5.31. The first kappa shape index (κ1) is 20.8. The van der Waals surface area contributed by atoms with Crippen molar-refractivity contribution in [2.45, 2.75) is 12.8 Å². The largest absolute Gasteiger partial charge is 0.338 e. The Balaban J connectivity index is 4.31. The minimum atomic E-state index is -3.74. The minimum Gasteiger partial charge on any atom is -0.338 e. The molecule has 0 aliphatic heterocycles. The molecule has 2 N–H and O–H groups in total. The highest BCUT2D eigenvalue weighted by Gasteiger charge is 2.16. The Bertz CT molecular complexity index is 683. The SMILES string of the molecule is C=CS(=O)(=O)C(=C)CC(=O)NCNC(=O)CC(=C)S(=O)(=O)C=C. The summed E-state index contributed by atoms with van der Waals surface area (Å²) in [4.78, 5) is 22.3. The lowest BCUT2D eigenvalue weighted by Gasteiger charge is -2.09. The van der Waals surface area contributed by atoms with Crippen molar-refractivity contribution in [1.82, 2.24) is 10.6 Å². The molecule has 0 aromatic rings. The average molecular weight is 362 g/mol. The number of rotatable bonds is 10. The molecular formula is C13H18N2O6S2. The number of hydrogen-bond donors (Lipinski definition) is 2. The van der Waals surface area contributed by atoms with Crippen LogP contribution >= 0.6 is 0 Å². The molecule has 10 heteroatoms. The van der Waals surface area contributed by atoms with Gasteiger partial charge >= 0.3 is 0 Å². The normalized spacial score (nSPS) is 11.1. The van der Waals surface area contributed by atoms with Gasteiger partial charge in [0.1, 0.15) is 0 Å². The molecule has 0 aliphatic carbocycles. The predicted molar refractivity (Wildman–Crippen MR) is 86.9 cm³/mol. The highest BCUT2D eigenvalue weighted by Crippen LogP contribution is 2.10. The molecule has 0 rings (SSSR count). The lowest BCUT2D eigenvalue weighted by molar-refractivity contribution is -0.122. The van der Waals surface area contributed by atoms with Gasteiger partial charge in [-0.1, -0.05) is 26.3 Å². The molecule has 23 heavy (non-hydrogen) atoms. The summed E-state index contributed by atoms with van der Waals surface area (Å²) in [6.45, 7) is 12.4. The number of carbonyl (C=O) groups excluding carboxylic acids is 2. The lowest BCUT2D eigenvalue weighted by Crippen LogP contribution is -2.37. The molecule has 0 bridgehead atoms. The number of sulfone groups is 2. The van der Waals surface area contributed by atoms with E-state index in [0.717, 1.165) is 0 Å². The van der Waals surface area contributed by atoms with Crippen LogP contribution in [0.2, 0.25) is 0 Å². The summed E-state index contributed by atoms with van der Waals surface area (Å²) in [7, 11) is -7.47. The smallest absolute Gasteiger partial charge is 0.226 e. The van der Waals surface area contributed by atoms with E-state index in [2.05, 4.69) is 36.9 Å². The van der Waals surface area contributed by atoms with E-state index >= 15 is 0 Å². The quantitative estimate of drug-likeness (QED) is 0.531. The zero-order chi connectivity index (χ0) is 18.3. The molecule has 0 saturated carbocycles. The van der Waals surface area contributed by atoms with Crippen LogP contribution in [0.3, 0.4) is 0 Å². The van der Waals surface area contributed by atoms with Crippen LogP contribution in [-0.4, -0.2) is 35.3 Å². The van der Waals surface area contributed by atoms with Crippen molar-refractivity contribution in [3.05, 3.63) is 46.9 Å². The van der Waals surface area contributed by atoms with Gasteiger partial charge in [-0.15, -0.1) is 0 Å². The van der Waals surface area contributed by atoms with Gasteiger partial charge in [-0.2, -0.15) is 0 Å². The summed E-state index contributed by atoms with van der Waals surface area (Å²) in [6, 6.07) is 0. The number of carbonyl (C=O) groups is 2. The van der Waals surface area contributed by atoms with Crippen molar-refractivity contribution in [2.75, 3.05) is 6.67 Å². The van der Waals surface area contributed by atoms with Gasteiger partial charge in [0.25, 0.3) is 0 Å². The predicted octanol–water partition coefficient (Wildman–Crippen LogP) is 0.100. The van der Waals surface area contributed by atoms with Gasteiger partial charge in [-0.05, 0) is 0 Å². The molecule has 0 aliphatic rings. The molecule has 0 heterocycles. The third kappa shape index (κ3) is 7.06. The van der Waals surface area contributed by atoms with Crippen LogP contribution < -0.4 is 10.6 Å². The summed E-state index contributed by atoms with van der Waals surface area (Å²) in [6.07, 6.45) is -0.969. The zero-order valence-corrected chi connectivity index (χ0v) is 14.0. The Hall–Kier alpha value is -2.20.